The Kier molecular flexibility index (Phi) is 4.09. The highest BCUT2D eigenvalue weighted by Gasteiger charge is 2.18. The molecule has 5 nitrogen and oxygen atoms in total. The molecule has 2 aromatic carbocycles. The zero-order valence-corrected chi connectivity index (χ0v) is 11.5. The van der Waals surface area contributed by atoms with Crippen LogP contribution in [0.3, 0.4) is 0 Å². The fourth-order valence-electron chi connectivity index (χ4n) is 1.56. The number of rotatable bonds is 4. The maximum atomic E-state index is 13.4. The Balaban J connectivity index is 2.46. The third-order valence-corrected chi connectivity index (χ3v) is 3.29. The Morgan fingerprint density at radius 3 is 2.50 bits per heavy atom. The van der Waals surface area contributed by atoms with E-state index in [2.05, 4.69) is 15.9 Å². The van der Waals surface area contributed by atoms with Gasteiger partial charge in [-0.3, -0.25) is 14.9 Å². The SMILES string of the molecule is O=Cc1c(F)cccc1Oc1cccc([N+](=O)[O-])c1Br. The summed E-state index contributed by atoms with van der Waals surface area (Å²) in [5.41, 5.74) is -0.433. The molecule has 2 rings (SSSR count). The van der Waals surface area contributed by atoms with Crippen molar-refractivity contribution in [1.29, 1.82) is 0 Å². The monoisotopic (exact) mass is 339 g/mol. The lowest BCUT2D eigenvalue weighted by Crippen LogP contribution is -1.96. The third-order valence-electron chi connectivity index (χ3n) is 2.49. The number of benzene rings is 2. The van der Waals surface area contributed by atoms with Crippen LogP contribution < -0.4 is 4.74 Å². The molecule has 0 atom stereocenters. The van der Waals surface area contributed by atoms with Gasteiger partial charge in [-0.15, -0.1) is 0 Å². The molecule has 0 spiro atoms. The van der Waals surface area contributed by atoms with E-state index in [4.69, 9.17) is 4.74 Å². The molecule has 0 bridgehead atoms. The van der Waals surface area contributed by atoms with Crippen molar-refractivity contribution in [3.63, 3.8) is 0 Å². The van der Waals surface area contributed by atoms with E-state index in [1.54, 1.807) is 0 Å². The summed E-state index contributed by atoms with van der Waals surface area (Å²) in [6.45, 7) is 0. The van der Waals surface area contributed by atoms with E-state index >= 15 is 0 Å². The summed E-state index contributed by atoms with van der Waals surface area (Å²) in [4.78, 5) is 21.1. The molecule has 20 heavy (non-hydrogen) atoms. The van der Waals surface area contributed by atoms with Crippen molar-refractivity contribution in [1.82, 2.24) is 0 Å². The van der Waals surface area contributed by atoms with Gasteiger partial charge in [0.05, 0.1) is 10.5 Å². The Labute approximate surface area is 121 Å². The largest absolute Gasteiger partial charge is 0.455 e. The van der Waals surface area contributed by atoms with Crippen LogP contribution in [0, 0.1) is 15.9 Å². The van der Waals surface area contributed by atoms with Gasteiger partial charge < -0.3 is 4.74 Å². The number of carbonyl (C=O) groups is 1. The molecule has 2 aromatic rings. The zero-order chi connectivity index (χ0) is 14.7. The predicted octanol–water partition coefficient (Wildman–Crippen LogP) is 4.10. The van der Waals surface area contributed by atoms with Crippen molar-refractivity contribution < 1.29 is 18.8 Å². The molecule has 0 saturated heterocycles. The summed E-state index contributed by atoms with van der Waals surface area (Å²) in [5, 5.41) is 10.8. The average Bonchev–Trinajstić information content (AvgIpc) is 2.41. The summed E-state index contributed by atoms with van der Waals surface area (Å²) in [6.07, 6.45) is 0.329. The normalized spacial score (nSPS) is 10.1. The molecule has 0 heterocycles. The number of carbonyl (C=O) groups excluding carboxylic acids is 1. The molecule has 0 amide bonds. The molecule has 0 N–H and O–H groups in total. The summed E-state index contributed by atoms with van der Waals surface area (Å²) < 4.78 is 18.9. The lowest BCUT2D eigenvalue weighted by Gasteiger charge is -2.09. The number of halogens is 2. The van der Waals surface area contributed by atoms with Crippen molar-refractivity contribution in [3.8, 4) is 11.5 Å². The molecule has 0 saturated carbocycles. The minimum absolute atomic E-state index is 0.0128. The number of nitro benzene ring substituents is 1. The minimum atomic E-state index is -0.723. The number of nitro groups is 1. The Morgan fingerprint density at radius 1 is 1.20 bits per heavy atom. The molecular formula is C13H7BrFNO4. The van der Waals surface area contributed by atoms with E-state index in [1.807, 2.05) is 0 Å². The molecule has 102 valence electrons. The molecule has 0 unspecified atom stereocenters. The molecule has 0 aliphatic rings. The van der Waals surface area contributed by atoms with Gasteiger partial charge in [0.2, 0.25) is 0 Å². The number of ether oxygens (including phenoxy) is 1. The van der Waals surface area contributed by atoms with Crippen LogP contribution in [0.1, 0.15) is 10.4 Å². The van der Waals surface area contributed by atoms with Crippen molar-refractivity contribution in [2.45, 2.75) is 0 Å². The van der Waals surface area contributed by atoms with Crippen LogP contribution in [-0.2, 0) is 0 Å². The van der Waals surface area contributed by atoms with Crippen molar-refractivity contribution in [3.05, 3.63) is 62.4 Å². The van der Waals surface area contributed by atoms with Gasteiger partial charge >= 0.3 is 0 Å². The van der Waals surface area contributed by atoms with Crippen molar-refractivity contribution in [2.75, 3.05) is 0 Å². The number of aldehydes is 1. The van der Waals surface area contributed by atoms with E-state index in [1.165, 1.54) is 30.3 Å². The van der Waals surface area contributed by atoms with Gasteiger partial charge in [0.1, 0.15) is 21.8 Å². The molecule has 0 aliphatic heterocycles. The number of hydrogen-bond donors (Lipinski definition) is 0. The number of nitrogens with zero attached hydrogens (tertiary/aromatic N) is 1. The quantitative estimate of drug-likeness (QED) is 0.477. The van der Waals surface area contributed by atoms with Crippen molar-refractivity contribution >= 4 is 27.9 Å². The molecule has 7 heteroatoms. The summed E-state index contributed by atoms with van der Waals surface area (Å²) >= 11 is 3.06. The summed E-state index contributed by atoms with van der Waals surface area (Å²) in [6, 6.07) is 8.10. The highest BCUT2D eigenvalue weighted by molar-refractivity contribution is 9.10. The lowest BCUT2D eigenvalue weighted by atomic mass is 10.2. The smallest absolute Gasteiger partial charge is 0.287 e. The molecule has 0 aliphatic carbocycles. The Morgan fingerprint density at radius 2 is 1.85 bits per heavy atom. The van der Waals surface area contributed by atoms with Gasteiger partial charge in [0.15, 0.2) is 6.29 Å². The van der Waals surface area contributed by atoms with Crippen molar-refractivity contribution in [2.24, 2.45) is 0 Å². The summed E-state index contributed by atoms with van der Waals surface area (Å²) in [5.74, 6) is -0.617. The van der Waals surface area contributed by atoms with E-state index < -0.39 is 10.7 Å². The van der Waals surface area contributed by atoms with Crippen LogP contribution >= 0.6 is 15.9 Å². The van der Waals surface area contributed by atoms with E-state index in [9.17, 15) is 19.3 Å². The maximum absolute atomic E-state index is 13.4. The van der Waals surface area contributed by atoms with E-state index in [0.717, 1.165) is 6.07 Å². The van der Waals surface area contributed by atoms with Crippen LogP contribution in [-0.4, -0.2) is 11.2 Å². The first kappa shape index (κ1) is 14.1. The number of hydrogen-bond acceptors (Lipinski definition) is 4. The van der Waals surface area contributed by atoms with E-state index in [-0.39, 0.29) is 27.2 Å². The average molecular weight is 340 g/mol. The standard InChI is InChI=1S/C13H7BrFNO4/c14-13-10(16(18)19)4-2-6-12(13)20-11-5-1-3-9(15)8(11)7-17/h1-7H. The predicted molar refractivity (Wildman–Crippen MR) is 72.7 cm³/mol. The maximum Gasteiger partial charge on any atom is 0.287 e. The van der Waals surface area contributed by atoms with Gasteiger partial charge in [0.25, 0.3) is 5.69 Å². The molecule has 0 fully saturated rings. The zero-order valence-electron chi connectivity index (χ0n) is 9.88. The molecular weight excluding hydrogens is 333 g/mol. The Hall–Kier alpha value is -2.28. The molecule has 0 aromatic heterocycles. The topological polar surface area (TPSA) is 69.4 Å². The fourth-order valence-corrected chi connectivity index (χ4v) is 2.05. The van der Waals surface area contributed by atoms with Gasteiger partial charge in [-0.25, -0.2) is 4.39 Å². The highest BCUT2D eigenvalue weighted by atomic mass is 79.9. The van der Waals surface area contributed by atoms with Crippen LogP contribution in [0.15, 0.2) is 40.9 Å². The fraction of sp³-hybridized carbons (Fsp3) is 0. The van der Waals surface area contributed by atoms with Crippen LogP contribution in [0.25, 0.3) is 0 Å². The third kappa shape index (κ3) is 2.67. The second-order valence-corrected chi connectivity index (χ2v) is 4.51. The Bertz CT molecular complexity index is 690. The van der Waals surface area contributed by atoms with E-state index in [0.29, 0.717) is 6.29 Å². The van der Waals surface area contributed by atoms with Crippen LogP contribution in [0.5, 0.6) is 11.5 Å². The second-order valence-electron chi connectivity index (χ2n) is 3.72. The first-order valence-electron chi connectivity index (χ1n) is 5.39. The van der Waals surface area contributed by atoms with Crippen LogP contribution in [0.2, 0.25) is 0 Å². The first-order valence-corrected chi connectivity index (χ1v) is 6.18. The second kappa shape index (κ2) is 5.79. The summed E-state index contributed by atoms with van der Waals surface area (Å²) in [7, 11) is 0. The highest BCUT2D eigenvalue weighted by Crippen LogP contribution is 2.37. The van der Waals surface area contributed by atoms with Gasteiger partial charge in [-0.1, -0.05) is 12.1 Å². The van der Waals surface area contributed by atoms with Gasteiger partial charge in [0, 0.05) is 6.07 Å². The molecule has 0 radical (unpaired) electrons. The minimum Gasteiger partial charge on any atom is -0.455 e. The first-order chi connectivity index (χ1) is 9.54. The lowest BCUT2D eigenvalue weighted by molar-refractivity contribution is -0.385. The van der Waals surface area contributed by atoms with Crippen LogP contribution in [0.4, 0.5) is 10.1 Å². The van der Waals surface area contributed by atoms with Gasteiger partial charge in [-0.2, -0.15) is 0 Å². The van der Waals surface area contributed by atoms with Gasteiger partial charge in [-0.05, 0) is 34.1 Å².